The summed E-state index contributed by atoms with van der Waals surface area (Å²) in [5.41, 5.74) is 0. The van der Waals surface area contributed by atoms with Crippen molar-refractivity contribution < 1.29 is 5.11 Å². The van der Waals surface area contributed by atoms with Crippen LogP contribution >= 0.6 is 0 Å². The first-order chi connectivity index (χ1) is 6.63. The maximum absolute atomic E-state index is 9.42. The molecule has 1 saturated carbocycles. The predicted octanol–water partition coefficient (Wildman–Crippen LogP) is 2.27. The molecule has 0 radical (unpaired) electrons. The van der Waals surface area contributed by atoms with E-state index < -0.39 is 0 Å². The summed E-state index contributed by atoms with van der Waals surface area (Å²) in [5, 5.41) is 9.42. The molecule has 0 bridgehead atoms. The molecule has 0 aromatic rings. The number of aliphatic hydroxyl groups excluding tert-OH is 1. The van der Waals surface area contributed by atoms with Gasteiger partial charge < -0.3 is 10.0 Å². The van der Waals surface area contributed by atoms with Gasteiger partial charge in [0.05, 0.1) is 6.10 Å². The number of hydrogen-bond acceptors (Lipinski definition) is 2. The monoisotopic (exact) mass is 199 g/mol. The quantitative estimate of drug-likeness (QED) is 0.751. The fourth-order valence-electron chi connectivity index (χ4n) is 2.27. The van der Waals surface area contributed by atoms with Crippen LogP contribution in [0.1, 0.15) is 46.0 Å². The Hall–Kier alpha value is -0.0800. The molecule has 0 aromatic heterocycles. The summed E-state index contributed by atoms with van der Waals surface area (Å²) in [6.45, 7) is 5.77. The van der Waals surface area contributed by atoms with Gasteiger partial charge in [0.2, 0.25) is 0 Å². The minimum atomic E-state index is -0.0248. The molecule has 1 N–H and O–H groups in total. The number of aliphatic hydroxyl groups is 1. The van der Waals surface area contributed by atoms with Gasteiger partial charge in [-0.25, -0.2) is 0 Å². The van der Waals surface area contributed by atoms with E-state index in [0.29, 0.717) is 6.04 Å². The Morgan fingerprint density at radius 2 is 1.86 bits per heavy atom. The minimum Gasteiger partial charge on any atom is -0.393 e. The molecule has 0 aliphatic heterocycles. The van der Waals surface area contributed by atoms with Gasteiger partial charge in [0.15, 0.2) is 0 Å². The van der Waals surface area contributed by atoms with Crippen molar-refractivity contribution in [3.05, 3.63) is 0 Å². The van der Waals surface area contributed by atoms with Gasteiger partial charge in [0, 0.05) is 12.6 Å². The van der Waals surface area contributed by atoms with E-state index >= 15 is 0 Å². The van der Waals surface area contributed by atoms with Gasteiger partial charge in [-0.05, 0) is 38.6 Å². The summed E-state index contributed by atoms with van der Waals surface area (Å²) in [6, 6.07) is 0.715. The molecular weight excluding hydrogens is 174 g/mol. The third-order valence-corrected chi connectivity index (χ3v) is 3.59. The van der Waals surface area contributed by atoms with Gasteiger partial charge in [0.1, 0.15) is 0 Å². The van der Waals surface area contributed by atoms with Crippen molar-refractivity contribution in [1.82, 2.24) is 4.90 Å². The Labute approximate surface area is 88.3 Å². The van der Waals surface area contributed by atoms with Crippen molar-refractivity contribution in [3.63, 3.8) is 0 Å². The van der Waals surface area contributed by atoms with E-state index in [4.69, 9.17) is 0 Å². The zero-order valence-corrected chi connectivity index (χ0v) is 9.87. The highest BCUT2D eigenvalue weighted by molar-refractivity contribution is 4.78. The SMILES string of the molecule is CC[C@H](C)CN(C)C1CCC(O)CC1. The predicted molar refractivity (Wildman–Crippen MR) is 60.3 cm³/mol. The van der Waals surface area contributed by atoms with E-state index in [1.807, 2.05) is 0 Å². The molecule has 0 saturated heterocycles. The van der Waals surface area contributed by atoms with Crippen LogP contribution in [0.4, 0.5) is 0 Å². The van der Waals surface area contributed by atoms with Crippen LogP contribution in [0.25, 0.3) is 0 Å². The number of hydrogen-bond donors (Lipinski definition) is 1. The lowest BCUT2D eigenvalue weighted by Gasteiger charge is -2.34. The number of nitrogens with zero attached hydrogens (tertiary/aromatic N) is 1. The van der Waals surface area contributed by atoms with E-state index in [1.54, 1.807) is 0 Å². The zero-order chi connectivity index (χ0) is 10.6. The van der Waals surface area contributed by atoms with Crippen molar-refractivity contribution in [2.24, 2.45) is 5.92 Å². The van der Waals surface area contributed by atoms with Crippen LogP contribution in [0.5, 0.6) is 0 Å². The van der Waals surface area contributed by atoms with Gasteiger partial charge >= 0.3 is 0 Å². The maximum atomic E-state index is 9.42. The average Bonchev–Trinajstić information content (AvgIpc) is 2.18. The fourth-order valence-corrected chi connectivity index (χ4v) is 2.27. The van der Waals surface area contributed by atoms with E-state index in [-0.39, 0.29) is 6.10 Å². The molecule has 0 aromatic carbocycles. The highest BCUT2D eigenvalue weighted by atomic mass is 16.3. The van der Waals surface area contributed by atoms with Gasteiger partial charge in [-0.15, -0.1) is 0 Å². The van der Waals surface area contributed by atoms with E-state index in [2.05, 4.69) is 25.8 Å². The Kier molecular flexibility index (Phi) is 4.90. The van der Waals surface area contributed by atoms with Crippen LogP contribution in [-0.2, 0) is 0 Å². The first-order valence-electron chi connectivity index (χ1n) is 6.01. The zero-order valence-electron chi connectivity index (χ0n) is 9.87. The van der Waals surface area contributed by atoms with Gasteiger partial charge in [-0.1, -0.05) is 20.3 Å². The fraction of sp³-hybridized carbons (Fsp3) is 1.00. The topological polar surface area (TPSA) is 23.5 Å². The van der Waals surface area contributed by atoms with Crippen molar-refractivity contribution in [2.45, 2.75) is 58.1 Å². The first kappa shape index (κ1) is 12.0. The number of rotatable bonds is 4. The summed E-state index contributed by atoms with van der Waals surface area (Å²) in [5.74, 6) is 0.798. The Morgan fingerprint density at radius 3 is 2.36 bits per heavy atom. The van der Waals surface area contributed by atoms with Crippen molar-refractivity contribution >= 4 is 0 Å². The van der Waals surface area contributed by atoms with Crippen molar-refractivity contribution in [3.8, 4) is 0 Å². The molecule has 1 aliphatic carbocycles. The Morgan fingerprint density at radius 1 is 1.29 bits per heavy atom. The smallest absolute Gasteiger partial charge is 0.0541 e. The summed E-state index contributed by atoms with van der Waals surface area (Å²) in [6.07, 6.45) is 5.58. The average molecular weight is 199 g/mol. The third-order valence-electron chi connectivity index (χ3n) is 3.59. The summed E-state index contributed by atoms with van der Waals surface area (Å²) >= 11 is 0. The third kappa shape index (κ3) is 3.58. The summed E-state index contributed by atoms with van der Waals surface area (Å²) in [7, 11) is 2.23. The molecule has 2 heteroatoms. The standard InChI is InChI=1S/C12H25NO/c1-4-10(2)9-13(3)11-5-7-12(14)8-6-11/h10-12,14H,4-9H2,1-3H3/t10-,11?,12?/m0/s1. The Balaban J connectivity index is 2.26. The van der Waals surface area contributed by atoms with Crippen LogP contribution in [0.15, 0.2) is 0 Å². The summed E-state index contributed by atoms with van der Waals surface area (Å²) < 4.78 is 0. The van der Waals surface area contributed by atoms with Gasteiger partial charge in [-0.2, -0.15) is 0 Å². The molecule has 14 heavy (non-hydrogen) atoms. The second kappa shape index (κ2) is 5.72. The van der Waals surface area contributed by atoms with Crippen LogP contribution in [0.3, 0.4) is 0 Å². The minimum absolute atomic E-state index is 0.0248. The van der Waals surface area contributed by atoms with Gasteiger partial charge in [-0.3, -0.25) is 0 Å². The summed E-state index contributed by atoms with van der Waals surface area (Å²) in [4.78, 5) is 2.49. The normalized spacial score (nSPS) is 30.6. The lowest BCUT2D eigenvalue weighted by Crippen LogP contribution is -2.38. The van der Waals surface area contributed by atoms with Gasteiger partial charge in [0.25, 0.3) is 0 Å². The van der Waals surface area contributed by atoms with Crippen LogP contribution in [0, 0.1) is 5.92 Å². The van der Waals surface area contributed by atoms with Crippen LogP contribution in [0.2, 0.25) is 0 Å². The van der Waals surface area contributed by atoms with E-state index in [0.717, 1.165) is 18.8 Å². The molecule has 0 heterocycles. The maximum Gasteiger partial charge on any atom is 0.0541 e. The molecule has 84 valence electrons. The molecule has 1 rings (SSSR count). The second-order valence-electron chi connectivity index (χ2n) is 4.92. The molecule has 2 nitrogen and oxygen atoms in total. The highest BCUT2D eigenvalue weighted by Gasteiger charge is 2.22. The highest BCUT2D eigenvalue weighted by Crippen LogP contribution is 2.22. The molecule has 1 atom stereocenters. The lowest BCUT2D eigenvalue weighted by atomic mass is 9.91. The van der Waals surface area contributed by atoms with Crippen molar-refractivity contribution in [2.75, 3.05) is 13.6 Å². The molecule has 1 fully saturated rings. The Bertz CT molecular complexity index is 152. The second-order valence-corrected chi connectivity index (χ2v) is 4.92. The van der Waals surface area contributed by atoms with Crippen LogP contribution < -0.4 is 0 Å². The molecule has 0 spiro atoms. The molecule has 0 unspecified atom stereocenters. The largest absolute Gasteiger partial charge is 0.393 e. The lowest BCUT2D eigenvalue weighted by molar-refractivity contribution is 0.0790. The van der Waals surface area contributed by atoms with Crippen LogP contribution in [-0.4, -0.2) is 35.7 Å². The molecular formula is C12H25NO. The first-order valence-corrected chi connectivity index (χ1v) is 6.01. The molecule has 1 aliphatic rings. The molecule has 0 amide bonds. The van der Waals surface area contributed by atoms with Crippen molar-refractivity contribution in [1.29, 1.82) is 0 Å². The van der Waals surface area contributed by atoms with E-state index in [1.165, 1.54) is 25.8 Å². The van der Waals surface area contributed by atoms with E-state index in [9.17, 15) is 5.11 Å².